The zero-order chi connectivity index (χ0) is 12.8. The Morgan fingerprint density at radius 2 is 2.05 bits per heavy atom. The molecule has 1 nitrogen and oxygen atoms in total. The molecule has 0 bridgehead atoms. The van der Waals surface area contributed by atoms with Crippen LogP contribution in [-0.2, 0) is 0 Å². The van der Waals surface area contributed by atoms with Crippen molar-refractivity contribution >= 4 is 21.4 Å². The van der Waals surface area contributed by atoms with Crippen LogP contribution in [0.25, 0.3) is 21.2 Å². The van der Waals surface area contributed by atoms with Crippen molar-refractivity contribution < 1.29 is 4.39 Å². The summed E-state index contributed by atoms with van der Waals surface area (Å²) in [5.41, 5.74) is 3.35. The van der Waals surface area contributed by atoms with Gasteiger partial charge in [-0.25, -0.2) is 4.98 Å². The lowest BCUT2D eigenvalue weighted by Gasteiger charge is -2.09. The maximum absolute atomic E-state index is 13.5. The number of nitrogens with zero attached hydrogens (tertiary/aromatic N) is 1. The summed E-state index contributed by atoms with van der Waals surface area (Å²) in [6.45, 7) is 0. The molecule has 0 unspecified atom stereocenters. The summed E-state index contributed by atoms with van der Waals surface area (Å²) in [4.78, 5) is 3.83. The molecule has 0 aliphatic heterocycles. The Kier molecular flexibility index (Phi) is 2.42. The normalized spacial score (nSPS) is 15.0. The smallest absolute Gasteiger partial charge is 0.213 e. The van der Waals surface area contributed by atoms with Gasteiger partial charge in [0, 0.05) is 17.0 Å². The Morgan fingerprint density at radius 3 is 2.89 bits per heavy atom. The van der Waals surface area contributed by atoms with Crippen molar-refractivity contribution in [2.24, 2.45) is 0 Å². The van der Waals surface area contributed by atoms with Crippen molar-refractivity contribution in [1.29, 1.82) is 0 Å². The van der Waals surface area contributed by atoms with Crippen molar-refractivity contribution in [2.45, 2.75) is 18.8 Å². The molecule has 0 amide bonds. The van der Waals surface area contributed by atoms with Crippen LogP contribution in [-0.4, -0.2) is 4.98 Å². The highest BCUT2D eigenvalue weighted by Crippen LogP contribution is 2.45. The minimum atomic E-state index is -0.395. The molecule has 1 aliphatic carbocycles. The Labute approximate surface area is 114 Å². The van der Waals surface area contributed by atoms with E-state index < -0.39 is 5.95 Å². The van der Waals surface area contributed by atoms with E-state index in [1.54, 1.807) is 23.6 Å². The summed E-state index contributed by atoms with van der Waals surface area (Å²) in [7, 11) is 0. The third kappa shape index (κ3) is 1.85. The molecule has 0 radical (unpaired) electrons. The van der Waals surface area contributed by atoms with Gasteiger partial charge in [0.1, 0.15) is 0 Å². The average Bonchev–Trinajstić information content (AvgIpc) is 3.15. The minimum Gasteiger partial charge on any atom is -0.228 e. The van der Waals surface area contributed by atoms with E-state index in [4.69, 9.17) is 0 Å². The first-order chi connectivity index (χ1) is 9.33. The number of hydrogen-bond donors (Lipinski definition) is 0. The molecule has 3 aromatic rings. The van der Waals surface area contributed by atoms with Gasteiger partial charge in [-0.15, -0.1) is 11.3 Å². The monoisotopic (exact) mass is 269 g/mol. The van der Waals surface area contributed by atoms with Gasteiger partial charge >= 0.3 is 0 Å². The Hall–Kier alpha value is -1.74. The van der Waals surface area contributed by atoms with Crippen LogP contribution in [0.3, 0.4) is 0 Å². The number of aromatic nitrogens is 1. The summed E-state index contributed by atoms with van der Waals surface area (Å²) in [5, 5.41) is 3.31. The maximum atomic E-state index is 13.5. The van der Waals surface area contributed by atoms with E-state index in [1.165, 1.54) is 28.5 Å². The van der Waals surface area contributed by atoms with Crippen LogP contribution in [0.1, 0.15) is 24.3 Å². The van der Waals surface area contributed by atoms with Gasteiger partial charge in [-0.05, 0) is 52.3 Å². The standard InChI is InChI=1S/C16H12FNS/c17-15-8-13(14(9-18-15)10-4-5-10)12-3-1-2-11-6-7-19-16(11)12/h1-3,6-10H,4-5H2. The highest BCUT2D eigenvalue weighted by molar-refractivity contribution is 7.17. The van der Waals surface area contributed by atoms with Crippen molar-refractivity contribution in [3.8, 4) is 11.1 Å². The van der Waals surface area contributed by atoms with E-state index in [2.05, 4.69) is 28.6 Å². The average molecular weight is 269 g/mol. The number of halogens is 1. The number of rotatable bonds is 2. The molecule has 0 N–H and O–H groups in total. The Morgan fingerprint density at radius 1 is 1.16 bits per heavy atom. The number of fused-ring (bicyclic) bond motifs is 1. The van der Waals surface area contributed by atoms with Gasteiger partial charge in [-0.3, -0.25) is 0 Å². The van der Waals surface area contributed by atoms with Crippen molar-refractivity contribution in [1.82, 2.24) is 4.98 Å². The predicted octanol–water partition coefficient (Wildman–Crippen LogP) is 4.98. The first-order valence-electron chi connectivity index (χ1n) is 6.45. The van der Waals surface area contributed by atoms with Crippen LogP contribution in [0.5, 0.6) is 0 Å². The highest BCUT2D eigenvalue weighted by atomic mass is 32.1. The number of hydrogen-bond acceptors (Lipinski definition) is 2. The molecule has 3 heteroatoms. The molecule has 1 saturated carbocycles. The van der Waals surface area contributed by atoms with Crippen LogP contribution in [0.15, 0.2) is 41.9 Å². The van der Waals surface area contributed by atoms with E-state index in [0.717, 1.165) is 11.1 Å². The summed E-state index contributed by atoms with van der Waals surface area (Å²) in [6, 6.07) is 9.92. The van der Waals surface area contributed by atoms with E-state index in [-0.39, 0.29) is 0 Å². The third-order valence-electron chi connectivity index (χ3n) is 3.69. The van der Waals surface area contributed by atoms with Crippen LogP contribution in [0, 0.1) is 5.95 Å². The zero-order valence-corrected chi connectivity index (χ0v) is 11.1. The van der Waals surface area contributed by atoms with Crippen molar-refractivity contribution in [3.05, 3.63) is 53.4 Å². The molecule has 1 aromatic carbocycles. The molecule has 2 heterocycles. The molecule has 0 atom stereocenters. The van der Waals surface area contributed by atoms with Crippen LogP contribution >= 0.6 is 11.3 Å². The summed E-state index contributed by atoms with van der Waals surface area (Å²) in [5.74, 6) is 0.172. The fourth-order valence-electron chi connectivity index (χ4n) is 2.60. The van der Waals surface area contributed by atoms with Crippen molar-refractivity contribution in [2.75, 3.05) is 0 Å². The predicted molar refractivity (Wildman–Crippen MR) is 77.0 cm³/mol. The Bertz CT molecular complexity index is 758. The van der Waals surface area contributed by atoms with Crippen molar-refractivity contribution in [3.63, 3.8) is 0 Å². The highest BCUT2D eigenvalue weighted by Gasteiger charge is 2.27. The van der Waals surface area contributed by atoms with Gasteiger partial charge in [0.15, 0.2) is 0 Å². The number of benzene rings is 1. The largest absolute Gasteiger partial charge is 0.228 e. The first kappa shape index (κ1) is 11.1. The van der Waals surface area contributed by atoms with E-state index >= 15 is 0 Å². The molecule has 94 valence electrons. The molecule has 1 fully saturated rings. The fraction of sp³-hybridized carbons (Fsp3) is 0.188. The first-order valence-corrected chi connectivity index (χ1v) is 7.33. The van der Waals surface area contributed by atoms with Gasteiger partial charge in [0.25, 0.3) is 0 Å². The number of thiophene rings is 1. The molecular weight excluding hydrogens is 257 g/mol. The van der Waals surface area contributed by atoms with E-state index in [1.807, 2.05) is 6.07 Å². The molecule has 0 saturated heterocycles. The second-order valence-electron chi connectivity index (χ2n) is 5.01. The van der Waals surface area contributed by atoms with Gasteiger partial charge in [-0.2, -0.15) is 4.39 Å². The maximum Gasteiger partial charge on any atom is 0.213 e. The third-order valence-corrected chi connectivity index (χ3v) is 4.65. The minimum absolute atomic E-state index is 0.395. The van der Waals surface area contributed by atoms with Gasteiger partial charge < -0.3 is 0 Å². The SMILES string of the molecule is Fc1cc(-c2cccc3ccsc23)c(C2CC2)cn1. The van der Waals surface area contributed by atoms with Crippen LogP contribution < -0.4 is 0 Å². The lowest BCUT2D eigenvalue weighted by atomic mass is 9.98. The summed E-state index contributed by atoms with van der Waals surface area (Å²) >= 11 is 1.71. The number of pyridine rings is 1. The summed E-state index contributed by atoms with van der Waals surface area (Å²) < 4.78 is 14.8. The van der Waals surface area contributed by atoms with Crippen LogP contribution in [0.4, 0.5) is 4.39 Å². The second kappa shape index (κ2) is 4.14. The fourth-order valence-corrected chi connectivity index (χ4v) is 3.53. The molecule has 19 heavy (non-hydrogen) atoms. The topological polar surface area (TPSA) is 12.9 Å². The van der Waals surface area contributed by atoms with Gasteiger partial charge in [-0.1, -0.05) is 18.2 Å². The summed E-state index contributed by atoms with van der Waals surface area (Å²) in [6.07, 6.45) is 4.11. The zero-order valence-electron chi connectivity index (χ0n) is 10.3. The van der Waals surface area contributed by atoms with E-state index in [9.17, 15) is 4.39 Å². The molecule has 4 rings (SSSR count). The second-order valence-corrected chi connectivity index (χ2v) is 5.93. The lowest BCUT2D eigenvalue weighted by Crippen LogP contribution is -1.92. The molecule has 1 aliphatic rings. The molecule has 0 spiro atoms. The van der Waals surface area contributed by atoms with Gasteiger partial charge in [0.05, 0.1) is 0 Å². The van der Waals surface area contributed by atoms with Crippen LogP contribution in [0.2, 0.25) is 0 Å². The van der Waals surface area contributed by atoms with Gasteiger partial charge in [0.2, 0.25) is 5.95 Å². The van der Waals surface area contributed by atoms with E-state index in [0.29, 0.717) is 5.92 Å². The Balaban J connectivity index is 2.01. The molecular formula is C16H12FNS. The lowest BCUT2D eigenvalue weighted by molar-refractivity contribution is 0.583. The molecule has 2 aromatic heterocycles. The quantitative estimate of drug-likeness (QED) is 0.598.